The molecule has 0 aliphatic rings. The Balaban J connectivity index is 3.40. The van der Waals surface area contributed by atoms with Gasteiger partial charge < -0.3 is 15.2 Å². The Morgan fingerprint density at radius 2 is 1.95 bits per heavy atom. The number of carbonyl (C=O) groups excluding carboxylic acids is 1. The van der Waals surface area contributed by atoms with Gasteiger partial charge in [0.05, 0.1) is 13.7 Å². The molecule has 0 saturated carbocycles. The first kappa shape index (κ1) is 18.3. The number of nitrogens with one attached hydrogen (secondary N) is 1. The highest BCUT2D eigenvalue weighted by atomic mass is 32.2. The Kier molecular flexibility index (Phi) is 5.44. The van der Waals surface area contributed by atoms with E-state index in [-0.39, 0.29) is 6.61 Å². The monoisotopic (exact) mass is 338 g/mol. The van der Waals surface area contributed by atoms with Gasteiger partial charge >= 0.3 is 0 Å². The number of hydrogen-bond donors (Lipinski definition) is 2. The topological polar surface area (TPSA) is 108 Å². The van der Waals surface area contributed by atoms with Crippen molar-refractivity contribution in [2.24, 2.45) is 5.73 Å². The Morgan fingerprint density at radius 1 is 1.36 bits per heavy atom. The number of amides is 1. The molecular weight excluding hydrogens is 322 g/mol. The number of sulfonamides is 1. The molecule has 1 aromatic carbocycles. The molecule has 7 nitrogen and oxygen atoms in total. The van der Waals surface area contributed by atoms with E-state index in [0.717, 1.165) is 7.11 Å². The van der Waals surface area contributed by atoms with Crippen molar-refractivity contribution in [1.82, 2.24) is 4.72 Å². The molecular formula is C12H16F2N2O5S. The second-order valence-electron chi connectivity index (χ2n) is 4.65. The lowest BCUT2D eigenvalue weighted by molar-refractivity contribution is -0.124. The van der Waals surface area contributed by atoms with Crippen LogP contribution in [-0.2, 0) is 19.6 Å². The Bertz CT molecular complexity index is 680. The molecule has 0 fully saturated rings. The molecule has 1 atom stereocenters. The molecule has 3 N–H and O–H groups in total. The standard InChI is InChI=1S/C12H16F2N2O5S/c1-12(6-20-2,11(15)17)16-22(18,19)10-8(14)4-7(13)5-9(10)21-3/h4-5,16H,6H2,1-3H3,(H2,15,17)/t12-/m1/s1. The summed E-state index contributed by atoms with van der Waals surface area (Å²) < 4.78 is 63.0. The average molecular weight is 338 g/mol. The first-order valence-corrected chi connectivity index (χ1v) is 7.41. The second kappa shape index (κ2) is 6.55. The fourth-order valence-electron chi connectivity index (χ4n) is 1.74. The normalized spacial score (nSPS) is 14.4. The van der Waals surface area contributed by atoms with E-state index in [1.54, 1.807) is 0 Å². The van der Waals surface area contributed by atoms with Gasteiger partial charge in [-0.1, -0.05) is 0 Å². The van der Waals surface area contributed by atoms with Gasteiger partial charge in [-0.2, -0.15) is 4.72 Å². The number of hydrogen-bond acceptors (Lipinski definition) is 5. The predicted molar refractivity (Wildman–Crippen MR) is 72.7 cm³/mol. The minimum atomic E-state index is -4.57. The maximum Gasteiger partial charge on any atom is 0.248 e. The molecule has 0 saturated heterocycles. The fourth-order valence-corrected chi connectivity index (χ4v) is 3.31. The van der Waals surface area contributed by atoms with E-state index in [4.69, 9.17) is 10.5 Å². The molecule has 1 aromatic rings. The summed E-state index contributed by atoms with van der Waals surface area (Å²) in [6, 6.07) is 1.09. The van der Waals surface area contributed by atoms with Crippen molar-refractivity contribution < 1.29 is 31.5 Å². The third-order valence-electron chi connectivity index (χ3n) is 2.80. The van der Waals surface area contributed by atoms with Crippen molar-refractivity contribution in [3.05, 3.63) is 23.8 Å². The summed E-state index contributed by atoms with van der Waals surface area (Å²) in [4.78, 5) is 10.5. The summed E-state index contributed by atoms with van der Waals surface area (Å²) >= 11 is 0. The molecule has 0 radical (unpaired) electrons. The van der Waals surface area contributed by atoms with Crippen LogP contribution in [0.5, 0.6) is 5.75 Å². The number of ether oxygens (including phenoxy) is 2. The van der Waals surface area contributed by atoms with Crippen molar-refractivity contribution in [2.75, 3.05) is 20.8 Å². The highest BCUT2D eigenvalue weighted by Gasteiger charge is 2.38. The smallest absolute Gasteiger partial charge is 0.248 e. The summed E-state index contributed by atoms with van der Waals surface area (Å²) in [5.41, 5.74) is 3.32. The van der Waals surface area contributed by atoms with Crippen molar-refractivity contribution in [3.8, 4) is 5.75 Å². The van der Waals surface area contributed by atoms with Gasteiger partial charge in [0.25, 0.3) is 0 Å². The Labute approximate surface area is 126 Å². The molecule has 124 valence electrons. The van der Waals surface area contributed by atoms with Crippen molar-refractivity contribution >= 4 is 15.9 Å². The average Bonchev–Trinajstić information content (AvgIpc) is 2.36. The van der Waals surface area contributed by atoms with E-state index in [9.17, 15) is 22.0 Å². The van der Waals surface area contributed by atoms with E-state index in [1.807, 2.05) is 4.72 Å². The lowest BCUT2D eigenvalue weighted by Crippen LogP contribution is -2.58. The van der Waals surface area contributed by atoms with E-state index >= 15 is 0 Å². The Morgan fingerprint density at radius 3 is 2.41 bits per heavy atom. The van der Waals surface area contributed by atoms with Crippen LogP contribution in [0, 0.1) is 11.6 Å². The van der Waals surface area contributed by atoms with Crippen LogP contribution in [0.25, 0.3) is 0 Å². The highest BCUT2D eigenvalue weighted by Crippen LogP contribution is 2.28. The predicted octanol–water partition coefficient (Wildman–Crippen LogP) is 0.142. The van der Waals surface area contributed by atoms with E-state index in [1.165, 1.54) is 14.0 Å². The first-order chi connectivity index (χ1) is 10.1. The van der Waals surface area contributed by atoms with Crippen molar-refractivity contribution in [1.29, 1.82) is 0 Å². The quantitative estimate of drug-likeness (QED) is 0.735. The zero-order chi connectivity index (χ0) is 17.1. The molecule has 0 heterocycles. The molecule has 0 aliphatic heterocycles. The second-order valence-corrected chi connectivity index (χ2v) is 6.27. The van der Waals surface area contributed by atoms with Crippen LogP contribution in [0.3, 0.4) is 0 Å². The lowest BCUT2D eigenvalue weighted by atomic mass is 10.1. The number of methoxy groups -OCH3 is 2. The van der Waals surface area contributed by atoms with E-state index < -0.39 is 43.7 Å². The molecule has 1 rings (SSSR count). The fraction of sp³-hybridized carbons (Fsp3) is 0.417. The number of rotatable bonds is 7. The van der Waals surface area contributed by atoms with E-state index in [0.29, 0.717) is 12.1 Å². The minimum Gasteiger partial charge on any atom is -0.495 e. The third kappa shape index (κ3) is 3.70. The van der Waals surface area contributed by atoms with Crippen LogP contribution in [-0.4, -0.2) is 40.7 Å². The Hall–Kier alpha value is -1.78. The molecule has 0 aliphatic carbocycles. The number of nitrogens with two attached hydrogens (primary N) is 1. The van der Waals surface area contributed by atoms with Crippen LogP contribution in [0.15, 0.2) is 17.0 Å². The molecule has 0 bridgehead atoms. The summed E-state index contributed by atoms with van der Waals surface area (Å²) in [5.74, 6) is -3.95. The molecule has 22 heavy (non-hydrogen) atoms. The lowest BCUT2D eigenvalue weighted by Gasteiger charge is -2.26. The van der Waals surface area contributed by atoms with Gasteiger partial charge in [0.2, 0.25) is 15.9 Å². The summed E-state index contributed by atoms with van der Waals surface area (Å²) in [7, 11) is -2.29. The van der Waals surface area contributed by atoms with Crippen LogP contribution >= 0.6 is 0 Å². The number of benzene rings is 1. The van der Waals surface area contributed by atoms with Crippen LogP contribution in [0.1, 0.15) is 6.92 Å². The van der Waals surface area contributed by atoms with Gasteiger partial charge in [-0.25, -0.2) is 17.2 Å². The SMILES string of the molecule is COC[C@@](C)(NS(=O)(=O)c1c(F)cc(F)cc1OC)C(N)=O. The zero-order valence-electron chi connectivity index (χ0n) is 12.1. The minimum absolute atomic E-state index is 0.382. The zero-order valence-corrected chi connectivity index (χ0v) is 13.0. The molecule has 0 spiro atoms. The van der Waals surface area contributed by atoms with Gasteiger partial charge in [0.15, 0.2) is 4.90 Å². The van der Waals surface area contributed by atoms with Gasteiger partial charge in [-0.3, -0.25) is 4.79 Å². The number of primary amides is 1. The largest absolute Gasteiger partial charge is 0.495 e. The number of halogens is 2. The molecule has 10 heteroatoms. The van der Waals surface area contributed by atoms with Crippen LogP contribution in [0.4, 0.5) is 8.78 Å². The molecule has 0 unspecified atom stereocenters. The van der Waals surface area contributed by atoms with Gasteiger partial charge in [-0.15, -0.1) is 0 Å². The molecule has 1 amide bonds. The van der Waals surface area contributed by atoms with Gasteiger partial charge in [0.1, 0.15) is 22.9 Å². The maximum atomic E-state index is 13.9. The van der Waals surface area contributed by atoms with Crippen molar-refractivity contribution in [2.45, 2.75) is 17.4 Å². The summed E-state index contributed by atoms with van der Waals surface area (Å²) in [5, 5.41) is 0. The van der Waals surface area contributed by atoms with Crippen LogP contribution in [0.2, 0.25) is 0 Å². The molecule has 0 aromatic heterocycles. The van der Waals surface area contributed by atoms with Crippen LogP contribution < -0.4 is 15.2 Å². The maximum absolute atomic E-state index is 13.9. The van der Waals surface area contributed by atoms with Gasteiger partial charge in [-0.05, 0) is 6.92 Å². The highest BCUT2D eigenvalue weighted by molar-refractivity contribution is 7.89. The summed E-state index contributed by atoms with van der Waals surface area (Å²) in [6.45, 7) is 0.789. The van der Waals surface area contributed by atoms with E-state index in [2.05, 4.69) is 4.74 Å². The number of carbonyl (C=O) groups is 1. The summed E-state index contributed by atoms with van der Waals surface area (Å²) in [6.07, 6.45) is 0. The van der Waals surface area contributed by atoms with Crippen molar-refractivity contribution in [3.63, 3.8) is 0 Å². The third-order valence-corrected chi connectivity index (χ3v) is 4.45. The first-order valence-electron chi connectivity index (χ1n) is 5.93. The van der Waals surface area contributed by atoms with Gasteiger partial charge in [0, 0.05) is 19.2 Å².